The van der Waals surface area contributed by atoms with Crippen LogP contribution >= 0.6 is 23.1 Å². The lowest BCUT2D eigenvalue weighted by molar-refractivity contribution is -0.126. The first-order chi connectivity index (χ1) is 12.1. The lowest BCUT2D eigenvalue weighted by Crippen LogP contribution is -2.60. The Labute approximate surface area is 157 Å². The first-order valence-electron chi connectivity index (χ1n) is 9.43. The van der Waals surface area contributed by atoms with E-state index in [1.807, 2.05) is 25.1 Å². The van der Waals surface area contributed by atoms with E-state index in [2.05, 4.69) is 16.4 Å². The minimum Gasteiger partial charge on any atom is -0.350 e. The van der Waals surface area contributed by atoms with E-state index in [0.717, 1.165) is 27.6 Å². The predicted molar refractivity (Wildman–Crippen MR) is 104 cm³/mol. The van der Waals surface area contributed by atoms with Crippen LogP contribution in [0.1, 0.15) is 45.4 Å². The molecule has 0 spiro atoms. The molecule has 1 aromatic carbocycles. The molecule has 2 aromatic rings. The molecular formula is C20H24N2OS2. The van der Waals surface area contributed by atoms with Gasteiger partial charge in [0.1, 0.15) is 0 Å². The molecule has 0 saturated heterocycles. The van der Waals surface area contributed by atoms with Gasteiger partial charge in [0, 0.05) is 5.54 Å². The number of hydrogen-bond donors (Lipinski definition) is 1. The summed E-state index contributed by atoms with van der Waals surface area (Å²) in [6.07, 6.45) is 7.86. The summed E-state index contributed by atoms with van der Waals surface area (Å²) in [5.41, 5.74) is 1.14. The van der Waals surface area contributed by atoms with Crippen molar-refractivity contribution < 1.29 is 4.79 Å². The van der Waals surface area contributed by atoms with Crippen LogP contribution in [0.25, 0.3) is 10.2 Å². The van der Waals surface area contributed by atoms with Crippen LogP contribution in [0.15, 0.2) is 28.6 Å². The van der Waals surface area contributed by atoms with E-state index in [-0.39, 0.29) is 16.7 Å². The Balaban J connectivity index is 1.27. The molecular weight excluding hydrogens is 348 g/mol. The Morgan fingerprint density at radius 1 is 1.20 bits per heavy atom. The van der Waals surface area contributed by atoms with Crippen molar-refractivity contribution in [2.75, 3.05) is 0 Å². The van der Waals surface area contributed by atoms with Crippen molar-refractivity contribution in [1.82, 2.24) is 10.3 Å². The maximum atomic E-state index is 12.9. The lowest BCUT2D eigenvalue weighted by atomic mass is 9.53. The molecule has 4 bridgehead atoms. The fraction of sp³-hybridized carbons (Fsp3) is 0.600. The Morgan fingerprint density at radius 2 is 1.84 bits per heavy atom. The molecule has 6 rings (SSSR count). The number of hydrogen-bond acceptors (Lipinski definition) is 4. The molecule has 1 N–H and O–H groups in total. The van der Waals surface area contributed by atoms with Crippen LogP contribution in [0, 0.1) is 17.8 Å². The van der Waals surface area contributed by atoms with Gasteiger partial charge >= 0.3 is 0 Å². The molecule has 132 valence electrons. The third kappa shape index (κ3) is 2.99. The number of para-hydroxylation sites is 1. The van der Waals surface area contributed by atoms with E-state index in [1.165, 1.54) is 43.2 Å². The van der Waals surface area contributed by atoms with Crippen molar-refractivity contribution in [3.8, 4) is 0 Å². The standard InChI is InChI=1S/C20H24N2OS2/c1-12(24-19-21-16-4-2-3-5-17(16)25-19)18(23)22-20-9-13-6-14(10-20)8-15(7-13)11-20/h2-5,12-15H,6-11H2,1H3,(H,22,23)/t12-,13?,14?,15?,20?/m0/s1. The normalized spacial score (nSPS) is 34.4. The molecule has 4 aliphatic carbocycles. The zero-order chi connectivity index (χ0) is 17.0. The third-order valence-electron chi connectivity index (χ3n) is 6.35. The molecule has 0 aliphatic heterocycles. The first kappa shape index (κ1) is 16.1. The van der Waals surface area contributed by atoms with E-state index in [4.69, 9.17) is 0 Å². The fourth-order valence-electron chi connectivity index (χ4n) is 5.73. The quantitative estimate of drug-likeness (QED) is 0.779. The van der Waals surface area contributed by atoms with Crippen molar-refractivity contribution in [3.63, 3.8) is 0 Å². The molecule has 5 heteroatoms. The predicted octanol–water partition coefficient (Wildman–Crippen LogP) is 4.86. The number of nitrogens with one attached hydrogen (secondary N) is 1. The molecule has 1 aromatic heterocycles. The average Bonchev–Trinajstić information content (AvgIpc) is 2.95. The first-order valence-corrected chi connectivity index (χ1v) is 11.1. The molecule has 0 radical (unpaired) electrons. The lowest BCUT2D eigenvalue weighted by Gasteiger charge is -2.57. The zero-order valence-corrected chi connectivity index (χ0v) is 16.2. The molecule has 0 unspecified atom stereocenters. The van der Waals surface area contributed by atoms with Crippen LogP contribution in [0.5, 0.6) is 0 Å². The summed E-state index contributed by atoms with van der Waals surface area (Å²) in [6.45, 7) is 2.02. The minimum absolute atomic E-state index is 0.0893. The largest absolute Gasteiger partial charge is 0.350 e. The highest BCUT2D eigenvalue weighted by molar-refractivity contribution is 8.02. The number of carbonyl (C=O) groups is 1. The Morgan fingerprint density at radius 3 is 2.48 bits per heavy atom. The molecule has 3 nitrogen and oxygen atoms in total. The fourth-order valence-corrected chi connectivity index (χ4v) is 7.94. The van der Waals surface area contributed by atoms with Gasteiger partial charge in [-0.15, -0.1) is 11.3 Å². The van der Waals surface area contributed by atoms with Crippen molar-refractivity contribution in [3.05, 3.63) is 24.3 Å². The molecule has 4 saturated carbocycles. The highest BCUT2D eigenvalue weighted by Crippen LogP contribution is 2.55. The Hall–Kier alpha value is -1.07. The maximum Gasteiger partial charge on any atom is 0.233 e. The van der Waals surface area contributed by atoms with Crippen molar-refractivity contribution in [1.29, 1.82) is 0 Å². The molecule has 25 heavy (non-hydrogen) atoms. The monoisotopic (exact) mass is 372 g/mol. The SMILES string of the molecule is C[C@H](Sc1nc2ccccc2s1)C(=O)NC12CC3CC(CC(C3)C1)C2. The summed E-state index contributed by atoms with van der Waals surface area (Å²) in [5, 5.41) is 3.41. The maximum absolute atomic E-state index is 12.9. The number of thiazole rings is 1. The number of carbonyl (C=O) groups excluding carboxylic acids is 1. The summed E-state index contributed by atoms with van der Waals surface area (Å²) in [6, 6.07) is 8.19. The molecule has 4 aliphatic rings. The summed E-state index contributed by atoms with van der Waals surface area (Å²) >= 11 is 3.29. The minimum atomic E-state index is -0.0893. The van der Waals surface area contributed by atoms with Crippen LogP contribution in [-0.2, 0) is 4.79 Å². The van der Waals surface area contributed by atoms with Gasteiger partial charge in [-0.05, 0) is 75.3 Å². The van der Waals surface area contributed by atoms with Gasteiger partial charge in [0.15, 0.2) is 4.34 Å². The topological polar surface area (TPSA) is 42.0 Å². The second-order valence-corrected chi connectivity index (χ2v) is 11.0. The van der Waals surface area contributed by atoms with Gasteiger partial charge in [-0.25, -0.2) is 4.98 Å². The number of nitrogens with zero attached hydrogens (tertiary/aromatic N) is 1. The van der Waals surface area contributed by atoms with Gasteiger partial charge in [0.05, 0.1) is 15.5 Å². The second kappa shape index (κ2) is 5.98. The molecule has 1 heterocycles. The number of aromatic nitrogens is 1. The number of fused-ring (bicyclic) bond motifs is 1. The van der Waals surface area contributed by atoms with Crippen molar-refractivity contribution >= 4 is 39.2 Å². The van der Waals surface area contributed by atoms with E-state index in [0.29, 0.717) is 0 Å². The number of thioether (sulfide) groups is 1. The summed E-state index contributed by atoms with van der Waals surface area (Å²) in [7, 11) is 0. The van der Waals surface area contributed by atoms with E-state index in [9.17, 15) is 4.79 Å². The highest BCUT2D eigenvalue weighted by Gasteiger charge is 2.51. The smallest absolute Gasteiger partial charge is 0.233 e. The summed E-state index contributed by atoms with van der Waals surface area (Å²) < 4.78 is 2.19. The van der Waals surface area contributed by atoms with Crippen LogP contribution in [-0.4, -0.2) is 21.7 Å². The van der Waals surface area contributed by atoms with E-state index in [1.54, 1.807) is 23.1 Å². The zero-order valence-electron chi connectivity index (χ0n) is 14.5. The van der Waals surface area contributed by atoms with Crippen molar-refractivity contribution in [2.45, 2.75) is 60.6 Å². The number of benzene rings is 1. The van der Waals surface area contributed by atoms with Crippen LogP contribution in [0.3, 0.4) is 0 Å². The van der Waals surface area contributed by atoms with Gasteiger partial charge < -0.3 is 5.32 Å². The summed E-state index contributed by atoms with van der Waals surface area (Å²) in [5.74, 6) is 2.78. The number of amides is 1. The van der Waals surface area contributed by atoms with E-state index < -0.39 is 0 Å². The summed E-state index contributed by atoms with van der Waals surface area (Å²) in [4.78, 5) is 17.6. The van der Waals surface area contributed by atoms with Crippen LogP contribution in [0.2, 0.25) is 0 Å². The molecule has 1 amide bonds. The Kier molecular flexibility index (Phi) is 3.86. The molecule has 1 atom stereocenters. The second-order valence-electron chi connectivity index (χ2n) is 8.39. The van der Waals surface area contributed by atoms with Crippen LogP contribution < -0.4 is 5.32 Å². The number of rotatable bonds is 4. The van der Waals surface area contributed by atoms with E-state index >= 15 is 0 Å². The molecule has 4 fully saturated rings. The van der Waals surface area contributed by atoms with Gasteiger partial charge in [-0.3, -0.25) is 4.79 Å². The van der Waals surface area contributed by atoms with Gasteiger partial charge in [-0.2, -0.15) is 0 Å². The highest BCUT2D eigenvalue weighted by atomic mass is 32.2. The van der Waals surface area contributed by atoms with Crippen LogP contribution in [0.4, 0.5) is 0 Å². The third-order valence-corrected chi connectivity index (χ3v) is 8.58. The average molecular weight is 373 g/mol. The van der Waals surface area contributed by atoms with Gasteiger partial charge in [0.25, 0.3) is 0 Å². The van der Waals surface area contributed by atoms with Gasteiger partial charge in [-0.1, -0.05) is 23.9 Å². The van der Waals surface area contributed by atoms with Crippen molar-refractivity contribution in [2.24, 2.45) is 17.8 Å². The van der Waals surface area contributed by atoms with Gasteiger partial charge in [0.2, 0.25) is 5.91 Å². The Bertz CT molecular complexity index is 747.